The molecule has 0 aliphatic carbocycles. The summed E-state index contributed by atoms with van der Waals surface area (Å²) < 4.78 is 0. The van der Waals surface area contributed by atoms with Gasteiger partial charge in [0.05, 0.1) is 0 Å². The molecule has 0 fully saturated rings. The zero-order valence-electron chi connectivity index (χ0n) is 10.8. The number of aromatic nitrogens is 2. The van der Waals surface area contributed by atoms with Gasteiger partial charge in [-0.15, -0.1) is 0 Å². The van der Waals surface area contributed by atoms with Gasteiger partial charge in [-0.3, -0.25) is 0 Å². The summed E-state index contributed by atoms with van der Waals surface area (Å²) >= 11 is 0. The Morgan fingerprint density at radius 2 is 1.78 bits per heavy atom. The van der Waals surface area contributed by atoms with Crippen LogP contribution >= 0.6 is 0 Å². The van der Waals surface area contributed by atoms with E-state index < -0.39 is 0 Å². The first kappa shape index (κ1) is 12.5. The van der Waals surface area contributed by atoms with Gasteiger partial charge in [-0.25, -0.2) is 9.97 Å². The third-order valence-corrected chi connectivity index (χ3v) is 2.81. The highest BCUT2D eigenvalue weighted by molar-refractivity contribution is 5.38. The Hall–Kier alpha value is -1.94. The average Bonchev–Trinajstić information content (AvgIpc) is 2.27. The van der Waals surface area contributed by atoms with Crippen LogP contribution in [0.2, 0.25) is 0 Å². The molecule has 18 heavy (non-hydrogen) atoms. The summed E-state index contributed by atoms with van der Waals surface area (Å²) in [5, 5.41) is 0. The molecule has 0 radical (unpaired) electrons. The van der Waals surface area contributed by atoms with Gasteiger partial charge in [0.25, 0.3) is 0 Å². The van der Waals surface area contributed by atoms with Crippen LogP contribution in [0.1, 0.15) is 28.1 Å². The fraction of sp³-hybridized carbons (Fsp3) is 0.286. The summed E-state index contributed by atoms with van der Waals surface area (Å²) in [7, 11) is 0. The van der Waals surface area contributed by atoms with Crippen molar-refractivity contribution >= 4 is 5.82 Å². The molecule has 0 aliphatic rings. The Labute approximate surface area is 107 Å². The first-order valence-electron chi connectivity index (χ1n) is 5.96. The van der Waals surface area contributed by atoms with Gasteiger partial charge in [0, 0.05) is 24.7 Å². The lowest BCUT2D eigenvalue weighted by Crippen LogP contribution is -2.07. The number of nitrogen functional groups attached to an aromatic ring is 1. The molecular formula is C14H18N4. The van der Waals surface area contributed by atoms with E-state index in [1.807, 2.05) is 0 Å². The topological polar surface area (TPSA) is 77.8 Å². The Morgan fingerprint density at radius 1 is 1.11 bits per heavy atom. The largest absolute Gasteiger partial charge is 0.383 e. The summed E-state index contributed by atoms with van der Waals surface area (Å²) in [6.45, 7) is 4.54. The SMILES string of the molecule is Cc1cc(C)cc(Cc2ncc(CN)c(N)n2)c1. The van der Waals surface area contributed by atoms with Crippen molar-refractivity contribution in [3.05, 3.63) is 52.5 Å². The molecule has 94 valence electrons. The first-order valence-corrected chi connectivity index (χ1v) is 5.96. The molecule has 0 amide bonds. The van der Waals surface area contributed by atoms with Crippen LogP contribution in [0.4, 0.5) is 5.82 Å². The molecule has 0 saturated carbocycles. The molecule has 2 aromatic rings. The summed E-state index contributed by atoms with van der Waals surface area (Å²) in [6, 6.07) is 6.43. The smallest absolute Gasteiger partial charge is 0.135 e. The van der Waals surface area contributed by atoms with Crippen LogP contribution in [-0.4, -0.2) is 9.97 Å². The van der Waals surface area contributed by atoms with E-state index in [2.05, 4.69) is 42.0 Å². The Kier molecular flexibility index (Phi) is 3.58. The van der Waals surface area contributed by atoms with Crippen molar-refractivity contribution < 1.29 is 0 Å². The van der Waals surface area contributed by atoms with Crippen molar-refractivity contribution in [1.29, 1.82) is 0 Å². The maximum Gasteiger partial charge on any atom is 0.135 e. The van der Waals surface area contributed by atoms with Gasteiger partial charge in [0.1, 0.15) is 11.6 Å². The fourth-order valence-corrected chi connectivity index (χ4v) is 2.05. The highest BCUT2D eigenvalue weighted by atomic mass is 14.9. The monoisotopic (exact) mass is 242 g/mol. The second-order valence-corrected chi connectivity index (χ2v) is 4.57. The zero-order chi connectivity index (χ0) is 13.1. The van der Waals surface area contributed by atoms with E-state index in [1.54, 1.807) is 6.20 Å². The Balaban J connectivity index is 2.25. The molecule has 0 atom stereocenters. The standard InChI is InChI=1S/C14H18N4/c1-9-3-10(2)5-11(4-9)6-13-17-8-12(7-15)14(16)18-13/h3-5,8H,6-7,15H2,1-2H3,(H2,16,17,18). The third kappa shape index (κ3) is 2.84. The number of nitrogens with zero attached hydrogens (tertiary/aromatic N) is 2. The van der Waals surface area contributed by atoms with Crippen LogP contribution in [0.15, 0.2) is 24.4 Å². The van der Waals surface area contributed by atoms with Crippen molar-refractivity contribution in [2.75, 3.05) is 5.73 Å². The highest BCUT2D eigenvalue weighted by Gasteiger charge is 2.04. The van der Waals surface area contributed by atoms with E-state index in [9.17, 15) is 0 Å². The maximum atomic E-state index is 5.81. The third-order valence-electron chi connectivity index (χ3n) is 2.81. The second-order valence-electron chi connectivity index (χ2n) is 4.57. The lowest BCUT2D eigenvalue weighted by molar-refractivity contribution is 0.932. The molecular weight excluding hydrogens is 224 g/mol. The molecule has 4 N–H and O–H groups in total. The molecule has 4 nitrogen and oxygen atoms in total. The minimum Gasteiger partial charge on any atom is -0.383 e. The number of anilines is 1. The minimum absolute atomic E-state index is 0.371. The van der Waals surface area contributed by atoms with Gasteiger partial charge in [-0.2, -0.15) is 0 Å². The van der Waals surface area contributed by atoms with Gasteiger partial charge >= 0.3 is 0 Å². The molecule has 0 saturated heterocycles. The lowest BCUT2D eigenvalue weighted by atomic mass is 10.0. The first-order chi connectivity index (χ1) is 8.58. The van der Waals surface area contributed by atoms with Crippen LogP contribution in [-0.2, 0) is 13.0 Å². The molecule has 2 rings (SSSR count). The molecule has 1 aromatic carbocycles. The highest BCUT2D eigenvalue weighted by Crippen LogP contribution is 2.13. The van der Waals surface area contributed by atoms with E-state index >= 15 is 0 Å². The second kappa shape index (κ2) is 5.14. The molecule has 1 aromatic heterocycles. The lowest BCUT2D eigenvalue weighted by Gasteiger charge is -2.06. The average molecular weight is 242 g/mol. The van der Waals surface area contributed by atoms with Crippen molar-refractivity contribution in [2.24, 2.45) is 5.73 Å². The normalized spacial score (nSPS) is 10.6. The van der Waals surface area contributed by atoms with Crippen molar-refractivity contribution in [1.82, 2.24) is 9.97 Å². The molecule has 0 aliphatic heterocycles. The van der Waals surface area contributed by atoms with E-state index in [-0.39, 0.29) is 0 Å². The Morgan fingerprint density at radius 3 is 2.33 bits per heavy atom. The predicted octanol–water partition coefficient (Wildman–Crippen LogP) is 1.73. The number of nitrogens with two attached hydrogens (primary N) is 2. The van der Waals surface area contributed by atoms with Crippen LogP contribution in [0.3, 0.4) is 0 Å². The summed E-state index contributed by atoms with van der Waals surface area (Å²) in [5.41, 5.74) is 15.8. The molecule has 1 heterocycles. The van der Waals surface area contributed by atoms with E-state index in [0.717, 1.165) is 11.4 Å². The van der Waals surface area contributed by atoms with Crippen LogP contribution < -0.4 is 11.5 Å². The minimum atomic E-state index is 0.371. The quantitative estimate of drug-likeness (QED) is 0.859. The number of hydrogen-bond donors (Lipinski definition) is 2. The van der Waals surface area contributed by atoms with Crippen molar-refractivity contribution in [2.45, 2.75) is 26.8 Å². The van der Waals surface area contributed by atoms with E-state index in [0.29, 0.717) is 18.8 Å². The van der Waals surface area contributed by atoms with Crippen LogP contribution in [0.5, 0.6) is 0 Å². The Bertz CT molecular complexity index is 543. The summed E-state index contributed by atoms with van der Waals surface area (Å²) in [5.74, 6) is 1.21. The molecule has 0 bridgehead atoms. The van der Waals surface area contributed by atoms with Gasteiger partial charge in [0.15, 0.2) is 0 Å². The van der Waals surface area contributed by atoms with E-state index in [4.69, 9.17) is 11.5 Å². The van der Waals surface area contributed by atoms with E-state index in [1.165, 1.54) is 16.7 Å². The zero-order valence-corrected chi connectivity index (χ0v) is 10.8. The molecule has 0 unspecified atom stereocenters. The maximum absolute atomic E-state index is 5.81. The van der Waals surface area contributed by atoms with Gasteiger partial charge in [0.2, 0.25) is 0 Å². The number of rotatable bonds is 3. The van der Waals surface area contributed by atoms with Crippen LogP contribution in [0.25, 0.3) is 0 Å². The predicted molar refractivity (Wildman–Crippen MR) is 73.1 cm³/mol. The fourth-order valence-electron chi connectivity index (χ4n) is 2.05. The number of benzene rings is 1. The molecule has 0 spiro atoms. The number of aryl methyl sites for hydroxylation is 2. The van der Waals surface area contributed by atoms with Gasteiger partial charge in [-0.05, 0) is 19.4 Å². The van der Waals surface area contributed by atoms with Crippen molar-refractivity contribution in [3.63, 3.8) is 0 Å². The van der Waals surface area contributed by atoms with Crippen molar-refractivity contribution in [3.8, 4) is 0 Å². The van der Waals surface area contributed by atoms with Gasteiger partial charge in [-0.1, -0.05) is 29.3 Å². The van der Waals surface area contributed by atoms with Crippen LogP contribution in [0, 0.1) is 13.8 Å². The summed E-state index contributed by atoms with van der Waals surface area (Å²) in [6.07, 6.45) is 2.40. The summed E-state index contributed by atoms with van der Waals surface area (Å²) in [4.78, 5) is 8.58. The molecule has 4 heteroatoms. The number of hydrogen-bond acceptors (Lipinski definition) is 4. The van der Waals surface area contributed by atoms with Gasteiger partial charge < -0.3 is 11.5 Å².